The summed E-state index contributed by atoms with van der Waals surface area (Å²) in [5.74, 6) is 0. The smallest absolute Gasteiger partial charge is 0.150 e. The van der Waals surface area contributed by atoms with Gasteiger partial charge in [0.05, 0.1) is 0 Å². The van der Waals surface area contributed by atoms with Gasteiger partial charge < -0.3 is 0 Å². The molecule has 1 rings (SSSR count). The molecule has 64 valence electrons. The molecule has 0 spiro atoms. The fourth-order valence-corrected chi connectivity index (χ4v) is 1.37. The first-order valence-electron chi connectivity index (χ1n) is 4.82. The van der Waals surface area contributed by atoms with Gasteiger partial charge in [-0.3, -0.25) is 4.79 Å². The summed E-state index contributed by atoms with van der Waals surface area (Å²) in [6, 6.07) is 5.78. The van der Waals surface area contributed by atoms with Gasteiger partial charge in [-0.25, -0.2) is 0 Å². The van der Waals surface area contributed by atoms with Crippen molar-refractivity contribution in [2.45, 2.75) is 26.7 Å². The first-order valence-corrected chi connectivity index (χ1v) is 4.32. The first-order chi connectivity index (χ1) is 6.20. The molecule has 0 atom stereocenters. The van der Waals surface area contributed by atoms with Crippen LogP contribution >= 0.6 is 0 Å². The minimum atomic E-state index is -0.561. The highest BCUT2D eigenvalue weighted by Crippen LogP contribution is 2.13. The van der Waals surface area contributed by atoms with E-state index < -0.39 is 6.26 Å². The molecule has 0 aliphatic carbocycles. The van der Waals surface area contributed by atoms with E-state index >= 15 is 0 Å². The van der Waals surface area contributed by atoms with E-state index in [0.717, 1.165) is 24.0 Å². The number of hydrogen-bond donors (Lipinski definition) is 0. The third-order valence-electron chi connectivity index (χ3n) is 2.10. The van der Waals surface area contributed by atoms with Crippen LogP contribution in [0, 0.1) is 0 Å². The molecule has 0 aliphatic heterocycles. The second kappa shape index (κ2) is 4.05. The Morgan fingerprint density at radius 1 is 1.33 bits per heavy atom. The summed E-state index contributed by atoms with van der Waals surface area (Å²) in [6.45, 7) is 4.00. The maximum absolute atomic E-state index is 11.1. The summed E-state index contributed by atoms with van der Waals surface area (Å²) in [7, 11) is 0. The highest BCUT2D eigenvalue weighted by molar-refractivity contribution is 5.79. The predicted octanol–water partition coefficient (Wildman–Crippen LogP) is 2.62. The van der Waals surface area contributed by atoms with Crippen LogP contribution < -0.4 is 0 Å². The second-order valence-electron chi connectivity index (χ2n) is 2.76. The molecule has 0 bridgehead atoms. The first kappa shape index (κ1) is 7.53. The minimum Gasteiger partial charge on any atom is -0.298 e. The molecule has 0 aromatic heterocycles. The van der Waals surface area contributed by atoms with Crippen molar-refractivity contribution >= 4 is 6.26 Å². The SMILES string of the molecule is [2H]C(=O)c1c(CC)cccc1CC. The van der Waals surface area contributed by atoms with Gasteiger partial charge in [-0.1, -0.05) is 32.0 Å². The Morgan fingerprint density at radius 3 is 2.17 bits per heavy atom. The largest absolute Gasteiger partial charge is 0.298 e. The molecule has 0 aliphatic rings. The standard InChI is InChI=1S/C11H14O/c1-3-9-6-5-7-10(4-2)11(9)8-12/h5-8H,3-4H2,1-2H3/i8D. The van der Waals surface area contributed by atoms with Crippen LogP contribution in [0.25, 0.3) is 0 Å². The summed E-state index contributed by atoms with van der Waals surface area (Å²) in [5.41, 5.74) is 2.58. The van der Waals surface area contributed by atoms with Gasteiger partial charge in [-0.2, -0.15) is 0 Å². The van der Waals surface area contributed by atoms with E-state index in [4.69, 9.17) is 1.37 Å². The Morgan fingerprint density at radius 2 is 1.83 bits per heavy atom. The van der Waals surface area contributed by atoms with Gasteiger partial charge in [-0.15, -0.1) is 0 Å². The van der Waals surface area contributed by atoms with E-state index in [2.05, 4.69) is 0 Å². The maximum atomic E-state index is 11.1. The van der Waals surface area contributed by atoms with Crippen LogP contribution in [0.5, 0.6) is 0 Å². The number of aldehydes is 1. The third kappa shape index (κ3) is 1.55. The molecule has 0 amide bonds. The number of rotatable bonds is 3. The van der Waals surface area contributed by atoms with Crippen molar-refractivity contribution in [3.8, 4) is 0 Å². The Balaban J connectivity index is 3.29. The van der Waals surface area contributed by atoms with Gasteiger partial charge in [0.2, 0.25) is 0 Å². The molecule has 0 saturated heterocycles. The predicted molar refractivity (Wildman–Crippen MR) is 50.6 cm³/mol. The average Bonchev–Trinajstić information content (AvgIpc) is 2.16. The van der Waals surface area contributed by atoms with Crippen LogP contribution in [0.2, 0.25) is 0 Å². The summed E-state index contributed by atoms with van der Waals surface area (Å²) >= 11 is 0. The second-order valence-corrected chi connectivity index (χ2v) is 2.76. The minimum absolute atomic E-state index is 0.561. The van der Waals surface area contributed by atoms with Crippen molar-refractivity contribution in [2.75, 3.05) is 0 Å². The van der Waals surface area contributed by atoms with Crippen molar-refractivity contribution in [3.05, 3.63) is 34.9 Å². The molecular formula is C11H14O. The van der Waals surface area contributed by atoms with E-state index in [-0.39, 0.29) is 0 Å². The Bertz CT molecular complexity index is 296. The fourth-order valence-electron chi connectivity index (χ4n) is 1.37. The zero-order chi connectivity index (χ0) is 9.84. The van der Waals surface area contributed by atoms with Crippen molar-refractivity contribution in [1.82, 2.24) is 0 Å². The highest BCUT2D eigenvalue weighted by Gasteiger charge is 2.03. The van der Waals surface area contributed by atoms with Crippen LogP contribution in [-0.4, -0.2) is 6.26 Å². The van der Waals surface area contributed by atoms with Crippen LogP contribution in [0.1, 0.15) is 36.7 Å². The lowest BCUT2D eigenvalue weighted by molar-refractivity contribution is 0.112. The zero-order valence-corrected chi connectivity index (χ0v) is 7.55. The molecule has 1 heteroatoms. The van der Waals surface area contributed by atoms with Crippen molar-refractivity contribution < 1.29 is 6.17 Å². The van der Waals surface area contributed by atoms with E-state index in [1.807, 2.05) is 32.0 Å². The average molecular weight is 163 g/mol. The van der Waals surface area contributed by atoms with Gasteiger partial charge in [0.25, 0.3) is 0 Å². The Labute approximate surface area is 74.8 Å². The van der Waals surface area contributed by atoms with Gasteiger partial charge in [-0.05, 0) is 24.0 Å². The Kier molecular flexibility index (Phi) is 2.54. The molecule has 1 nitrogen and oxygen atoms in total. The molecule has 0 saturated carbocycles. The number of benzene rings is 1. The van der Waals surface area contributed by atoms with Crippen LogP contribution in [0.15, 0.2) is 18.2 Å². The van der Waals surface area contributed by atoms with E-state index in [0.29, 0.717) is 5.56 Å². The van der Waals surface area contributed by atoms with Crippen LogP contribution in [0.3, 0.4) is 0 Å². The normalized spacial score (nSPS) is 11.0. The lowest BCUT2D eigenvalue weighted by atomic mass is 9.99. The Hall–Kier alpha value is -1.11. The van der Waals surface area contributed by atoms with Crippen LogP contribution in [-0.2, 0) is 12.8 Å². The lowest BCUT2D eigenvalue weighted by Gasteiger charge is -2.05. The molecule has 0 heterocycles. The van der Waals surface area contributed by atoms with E-state index in [1.54, 1.807) is 0 Å². The summed E-state index contributed by atoms with van der Waals surface area (Å²) in [6.07, 6.45) is 1.07. The quantitative estimate of drug-likeness (QED) is 0.626. The topological polar surface area (TPSA) is 17.1 Å². The summed E-state index contributed by atoms with van der Waals surface area (Å²) < 4.78 is 7.17. The molecule has 1 aromatic carbocycles. The summed E-state index contributed by atoms with van der Waals surface area (Å²) in [5, 5.41) is 0. The number of carbonyl (C=O) groups excluding carboxylic acids is 1. The van der Waals surface area contributed by atoms with Gasteiger partial charge >= 0.3 is 0 Å². The number of carbonyl (C=O) groups is 1. The molecule has 0 radical (unpaired) electrons. The van der Waals surface area contributed by atoms with Crippen LogP contribution in [0.4, 0.5) is 0 Å². The van der Waals surface area contributed by atoms with Gasteiger partial charge in [0.1, 0.15) is 1.37 Å². The maximum Gasteiger partial charge on any atom is 0.150 e. The zero-order valence-electron chi connectivity index (χ0n) is 8.55. The monoisotopic (exact) mass is 163 g/mol. The molecule has 0 N–H and O–H groups in total. The van der Waals surface area contributed by atoms with Crippen molar-refractivity contribution in [2.24, 2.45) is 0 Å². The lowest BCUT2D eigenvalue weighted by Crippen LogP contribution is -1.96. The molecular weight excluding hydrogens is 148 g/mol. The van der Waals surface area contributed by atoms with E-state index in [9.17, 15) is 4.79 Å². The van der Waals surface area contributed by atoms with Gasteiger partial charge in [0.15, 0.2) is 6.26 Å². The molecule has 0 fully saturated rings. The number of aryl methyl sites for hydroxylation is 2. The summed E-state index contributed by atoms with van der Waals surface area (Å²) in [4.78, 5) is 11.1. The third-order valence-corrected chi connectivity index (χ3v) is 2.10. The fraction of sp³-hybridized carbons (Fsp3) is 0.364. The molecule has 1 aromatic rings. The highest BCUT2D eigenvalue weighted by atomic mass is 16.1. The van der Waals surface area contributed by atoms with Crippen molar-refractivity contribution in [1.29, 1.82) is 0 Å². The molecule has 12 heavy (non-hydrogen) atoms. The number of hydrogen-bond acceptors (Lipinski definition) is 1. The van der Waals surface area contributed by atoms with Gasteiger partial charge in [0, 0.05) is 5.56 Å². The molecule has 0 unspecified atom stereocenters. The van der Waals surface area contributed by atoms with E-state index in [1.165, 1.54) is 0 Å². The van der Waals surface area contributed by atoms with Crippen molar-refractivity contribution in [3.63, 3.8) is 0 Å².